The average molecular weight is 571 g/mol. The van der Waals surface area contributed by atoms with Crippen LogP contribution in [-0.2, 0) is 16.1 Å². The van der Waals surface area contributed by atoms with Gasteiger partial charge in [-0.3, -0.25) is 14.2 Å². The van der Waals surface area contributed by atoms with Gasteiger partial charge in [-0.05, 0) is 37.3 Å². The van der Waals surface area contributed by atoms with Crippen LogP contribution in [0.4, 0.5) is 0 Å². The first-order valence-corrected chi connectivity index (χ1v) is 13.2. The molecule has 0 aliphatic carbocycles. The van der Waals surface area contributed by atoms with E-state index < -0.39 is 23.7 Å². The summed E-state index contributed by atoms with van der Waals surface area (Å²) < 4.78 is 24.9. The van der Waals surface area contributed by atoms with Crippen LogP contribution in [0.15, 0.2) is 68.8 Å². The van der Waals surface area contributed by atoms with Gasteiger partial charge in [-0.2, -0.15) is 0 Å². The van der Waals surface area contributed by atoms with Gasteiger partial charge in [0, 0.05) is 11.6 Å². The number of para-hydroxylation sites is 1. The number of ether oxygens (including phenoxy) is 3. The van der Waals surface area contributed by atoms with Crippen LogP contribution in [0.5, 0.6) is 11.5 Å². The molecule has 4 aromatic rings. The normalized spacial score (nSPS) is 21.6. The van der Waals surface area contributed by atoms with Gasteiger partial charge in [-0.15, -0.1) is 0 Å². The molecule has 3 unspecified atom stereocenters. The molecule has 6 rings (SSSR count). The number of fused-ring (bicyclic) bond motifs is 6. The molecule has 0 N–H and O–H groups in total. The van der Waals surface area contributed by atoms with Gasteiger partial charge in [0.2, 0.25) is 5.72 Å². The quantitative estimate of drug-likeness (QED) is 0.331. The fraction of sp³-hybridized carbons (Fsp3) is 0.222. The number of carbonyl (C=O) groups is 1. The fourth-order valence-corrected chi connectivity index (χ4v) is 6.28. The monoisotopic (exact) mass is 570 g/mol. The van der Waals surface area contributed by atoms with Crippen molar-refractivity contribution < 1.29 is 23.4 Å². The maximum absolute atomic E-state index is 13.7. The second-order valence-corrected chi connectivity index (χ2v) is 10.8. The Balaban J connectivity index is 1.38. The van der Waals surface area contributed by atoms with E-state index in [2.05, 4.69) is 0 Å². The van der Waals surface area contributed by atoms with Crippen LogP contribution in [0, 0.1) is 5.92 Å². The zero-order valence-corrected chi connectivity index (χ0v) is 22.5. The number of esters is 1. The average Bonchev–Trinajstić information content (AvgIpc) is 3.47. The number of rotatable bonds is 5. The lowest BCUT2D eigenvalue weighted by Crippen LogP contribution is -2.58. The summed E-state index contributed by atoms with van der Waals surface area (Å²) in [6, 6.07) is 15.3. The maximum atomic E-state index is 13.7. The molecular weight excluding hydrogens is 551 g/mol. The number of hydrogen-bond acceptors (Lipinski definition) is 8. The summed E-state index contributed by atoms with van der Waals surface area (Å²) in [5.74, 6) is 0.686. The predicted molar refractivity (Wildman–Crippen MR) is 142 cm³/mol. The molecule has 8 nitrogen and oxygen atoms in total. The maximum Gasteiger partial charge on any atom is 0.317 e. The standard InChI is InChI=1S/C27H20Cl2N2O6S/c1-27-21(25(33)34-2)23(16-6-3-4-8-18(16)37-27)31-24(32)20(38-26(31)30-27)12-14-10-11-15(36-14)13-35-19-9-5-7-17(28)22(19)29/h3-12,21,23H,13H2,1-2H3. The third-order valence-electron chi connectivity index (χ3n) is 6.58. The van der Waals surface area contributed by atoms with E-state index in [0.29, 0.717) is 42.4 Å². The Morgan fingerprint density at radius 3 is 2.82 bits per heavy atom. The number of methoxy groups -OCH3 is 1. The Morgan fingerprint density at radius 1 is 1.18 bits per heavy atom. The highest BCUT2D eigenvalue weighted by molar-refractivity contribution is 7.07. The first kappa shape index (κ1) is 24.8. The lowest BCUT2D eigenvalue weighted by Gasteiger charge is -2.44. The number of carbonyl (C=O) groups excluding carboxylic acids is 1. The van der Waals surface area contributed by atoms with Crippen LogP contribution in [0.3, 0.4) is 0 Å². The molecule has 4 heterocycles. The molecule has 194 valence electrons. The van der Waals surface area contributed by atoms with Gasteiger partial charge < -0.3 is 18.6 Å². The minimum atomic E-state index is -1.22. The highest BCUT2D eigenvalue weighted by Crippen LogP contribution is 2.47. The third kappa shape index (κ3) is 4.02. The Kier molecular flexibility index (Phi) is 6.09. The Bertz CT molecular complexity index is 1760. The van der Waals surface area contributed by atoms with Gasteiger partial charge in [-0.1, -0.05) is 58.8 Å². The minimum absolute atomic E-state index is 0.124. The van der Waals surface area contributed by atoms with E-state index in [4.69, 9.17) is 46.8 Å². The van der Waals surface area contributed by atoms with Crippen LogP contribution in [0.25, 0.3) is 6.08 Å². The molecule has 0 radical (unpaired) electrons. The zero-order chi connectivity index (χ0) is 26.6. The third-order valence-corrected chi connectivity index (χ3v) is 8.36. The summed E-state index contributed by atoms with van der Waals surface area (Å²) in [5.41, 5.74) is -0.788. The van der Waals surface area contributed by atoms with Crippen molar-refractivity contribution in [3.8, 4) is 11.5 Å². The van der Waals surface area contributed by atoms with E-state index >= 15 is 0 Å². The fourth-order valence-electron chi connectivity index (χ4n) is 4.85. The van der Waals surface area contributed by atoms with Crippen LogP contribution in [-0.4, -0.2) is 23.4 Å². The van der Waals surface area contributed by atoms with Crippen molar-refractivity contribution in [1.82, 2.24) is 4.57 Å². The number of nitrogens with zero attached hydrogens (tertiary/aromatic N) is 2. The van der Waals surface area contributed by atoms with Gasteiger partial charge in [-0.25, -0.2) is 4.99 Å². The van der Waals surface area contributed by atoms with Gasteiger partial charge >= 0.3 is 5.97 Å². The van der Waals surface area contributed by atoms with Gasteiger partial charge in [0.25, 0.3) is 5.56 Å². The van der Waals surface area contributed by atoms with Crippen LogP contribution < -0.4 is 24.4 Å². The lowest BCUT2D eigenvalue weighted by atomic mass is 9.81. The molecule has 2 aromatic heterocycles. The Morgan fingerprint density at radius 2 is 2.00 bits per heavy atom. The van der Waals surface area contributed by atoms with Gasteiger partial charge in [0.15, 0.2) is 4.80 Å². The van der Waals surface area contributed by atoms with Gasteiger partial charge in [0.1, 0.15) is 40.6 Å². The van der Waals surface area contributed by atoms with Crippen molar-refractivity contribution in [3.63, 3.8) is 0 Å². The molecule has 2 aliphatic heterocycles. The summed E-state index contributed by atoms with van der Waals surface area (Å²) in [6.07, 6.45) is 1.65. The number of thiazole rings is 1. The van der Waals surface area contributed by atoms with E-state index in [1.54, 1.807) is 47.9 Å². The largest absolute Gasteiger partial charge is 0.484 e. The number of aromatic nitrogens is 1. The predicted octanol–water partition coefficient (Wildman–Crippen LogP) is 4.34. The second-order valence-electron chi connectivity index (χ2n) is 8.97. The van der Waals surface area contributed by atoms with E-state index in [0.717, 1.165) is 5.56 Å². The first-order chi connectivity index (χ1) is 18.3. The van der Waals surface area contributed by atoms with Crippen molar-refractivity contribution in [1.29, 1.82) is 0 Å². The second kappa shape index (κ2) is 9.34. The van der Waals surface area contributed by atoms with Crippen molar-refractivity contribution in [2.75, 3.05) is 7.11 Å². The number of hydrogen-bond donors (Lipinski definition) is 0. The smallest absolute Gasteiger partial charge is 0.317 e. The Hall–Kier alpha value is -3.53. The number of furan rings is 1. The molecule has 11 heteroatoms. The van der Waals surface area contributed by atoms with Crippen LogP contribution in [0.2, 0.25) is 10.0 Å². The highest BCUT2D eigenvalue weighted by atomic mass is 35.5. The minimum Gasteiger partial charge on any atom is -0.484 e. The first-order valence-electron chi connectivity index (χ1n) is 11.6. The van der Waals surface area contributed by atoms with Crippen LogP contribution >= 0.6 is 34.5 Å². The van der Waals surface area contributed by atoms with E-state index in [-0.39, 0.29) is 12.2 Å². The molecular formula is C27H20Cl2N2O6S. The summed E-state index contributed by atoms with van der Waals surface area (Å²) in [4.78, 5) is 31.7. The lowest BCUT2D eigenvalue weighted by molar-refractivity contribution is -0.158. The molecule has 0 saturated carbocycles. The SMILES string of the molecule is COC(=O)C1C2c3ccccc3OC1(C)N=c1sc(=Cc3ccc(COc4cccc(Cl)c4Cl)o3)c(=O)n12. The van der Waals surface area contributed by atoms with Crippen molar-refractivity contribution >= 4 is 46.6 Å². The van der Waals surface area contributed by atoms with E-state index in [1.165, 1.54) is 18.4 Å². The highest BCUT2D eigenvalue weighted by Gasteiger charge is 2.55. The molecule has 3 atom stereocenters. The van der Waals surface area contributed by atoms with Crippen molar-refractivity contribution in [3.05, 3.63) is 101 Å². The topological polar surface area (TPSA) is 92.3 Å². The number of halogens is 2. The molecule has 2 aliphatic rings. The van der Waals surface area contributed by atoms with E-state index in [1.807, 2.05) is 24.3 Å². The van der Waals surface area contributed by atoms with Crippen molar-refractivity contribution in [2.45, 2.75) is 25.3 Å². The summed E-state index contributed by atoms with van der Waals surface area (Å²) >= 11 is 13.4. The Labute approximate surface area is 230 Å². The summed E-state index contributed by atoms with van der Waals surface area (Å²) in [7, 11) is 1.32. The zero-order valence-electron chi connectivity index (χ0n) is 20.1. The molecule has 2 aromatic carbocycles. The molecule has 0 spiro atoms. The molecule has 38 heavy (non-hydrogen) atoms. The summed E-state index contributed by atoms with van der Waals surface area (Å²) in [5, 5.41) is 0.717. The molecule has 0 amide bonds. The molecule has 2 bridgehead atoms. The van der Waals surface area contributed by atoms with E-state index in [9.17, 15) is 9.59 Å². The van der Waals surface area contributed by atoms with Crippen molar-refractivity contribution in [2.24, 2.45) is 10.9 Å². The molecule has 0 saturated heterocycles. The summed E-state index contributed by atoms with van der Waals surface area (Å²) in [6.45, 7) is 1.86. The number of benzene rings is 2. The van der Waals surface area contributed by atoms with Crippen LogP contribution in [0.1, 0.15) is 30.0 Å². The molecule has 0 fully saturated rings. The van der Waals surface area contributed by atoms with Gasteiger partial charge in [0.05, 0.1) is 22.7 Å².